The number of hydrogen-bond donors (Lipinski definition) is 1. The highest BCUT2D eigenvalue weighted by Crippen LogP contribution is 2.31. The molecular weight excluding hydrogens is 344 g/mol. The first-order chi connectivity index (χ1) is 13.2. The summed E-state index contributed by atoms with van der Waals surface area (Å²) in [5.74, 6) is 2.25. The molecule has 27 heavy (non-hydrogen) atoms. The van der Waals surface area contributed by atoms with E-state index in [0.717, 1.165) is 18.4 Å². The van der Waals surface area contributed by atoms with Crippen LogP contribution in [0.2, 0.25) is 0 Å². The van der Waals surface area contributed by atoms with Crippen molar-refractivity contribution in [1.29, 1.82) is 0 Å². The molecular formula is C21H24N2O4. The molecule has 1 N–H and O–H groups in total. The summed E-state index contributed by atoms with van der Waals surface area (Å²) in [7, 11) is 0. The first-order valence-corrected chi connectivity index (χ1v) is 9.10. The second kappa shape index (κ2) is 9.07. The van der Waals surface area contributed by atoms with E-state index in [4.69, 9.17) is 14.2 Å². The fourth-order valence-electron chi connectivity index (χ4n) is 2.85. The zero-order valence-electron chi connectivity index (χ0n) is 15.6. The molecule has 0 aromatic heterocycles. The van der Waals surface area contributed by atoms with Crippen molar-refractivity contribution < 1.29 is 19.0 Å². The lowest BCUT2D eigenvalue weighted by molar-refractivity contribution is -0.123. The molecule has 1 heterocycles. The zero-order valence-corrected chi connectivity index (χ0v) is 15.6. The normalized spacial score (nSPS) is 13.6. The Morgan fingerprint density at radius 1 is 1.22 bits per heavy atom. The molecule has 0 saturated carbocycles. The van der Waals surface area contributed by atoms with E-state index in [0.29, 0.717) is 23.2 Å². The molecule has 0 saturated heterocycles. The van der Waals surface area contributed by atoms with Crippen LogP contribution in [0.1, 0.15) is 43.7 Å². The number of benzene rings is 2. The van der Waals surface area contributed by atoms with Gasteiger partial charge in [-0.15, -0.1) is 0 Å². The summed E-state index contributed by atoms with van der Waals surface area (Å²) in [6, 6.07) is 13.3. The van der Waals surface area contributed by atoms with Crippen LogP contribution in [0, 0.1) is 0 Å². The Kier molecular flexibility index (Phi) is 6.30. The molecule has 0 fully saturated rings. The van der Waals surface area contributed by atoms with Gasteiger partial charge in [-0.3, -0.25) is 4.79 Å². The Balaban J connectivity index is 1.44. The molecule has 1 aliphatic heterocycles. The highest BCUT2D eigenvalue weighted by atomic mass is 16.7. The molecule has 1 unspecified atom stereocenters. The predicted molar refractivity (Wildman–Crippen MR) is 104 cm³/mol. The molecule has 3 rings (SSSR count). The SMILES string of the molecule is CCCC(C)c1ccc(OCC(=O)N/N=C/c2ccc3c(c2)OCO3)cc1. The summed E-state index contributed by atoms with van der Waals surface area (Å²) in [6.45, 7) is 4.53. The van der Waals surface area contributed by atoms with Crippen LogP contribution >= 0.6 is 0 Å². The van der Waals surface area contributed by atoms with E-state index in [-0.39, 0.29) is 19.3 Å². The first kappa shape index (κ1) is 18.8. The third kappa shape index (κ3) is 5.23. The number of ether oxygens (including phenoxy) is 3. The summed E-state index contributed by atoms with van der Waals surface area (Å²) in [4.78, 5) is 11.9. The number of carbonyl (C=O) groups is 1. The summed E-state index contributed by atoms with van der Waals surface area (Å²) >= 11 is 0. The van der Waals surface area contributed by atoms with E-state index >= 15 is 0 Å². The fraction of sp³-hybridized carbons (Fsp3) is 0.333. The summed E-state index contributed by atoms with van der Waals surface area (Å²) in [5, 5.41) is 3.94. The van der Waals surface area contributed by atoms with Gasteiger partial charge >= 0.3 is 0 Å². The molecule has 0 spiro atoms. The minimum absolute atomic E-state index is 0.0949. The largest absolute Gasteiger partial charge is 0.484 e. The van der Waals surface area contributed by atoms with Crippen LogP contribution in [0.4, 0.5) is 0 Å². The van der Waals surface area contributed by atoms with E-state index in [1.54, 1.807) is 18.3 Å². The van der Waals surface area contributed by atoms with Gasteiger partial charge in [-0.2, -0.15) is 5.10 Å². The van der Waals surface area contributed by atoms with Gasteiger partial charge in [0.25, 0.3) is 5.91 Å². The maximum atomic E-state index is 11.9. The minimum Gasteiger partial charge on any atom is -0.484 e. The predicted octanol–water partition coefficient (Wildman–Crippen LogP) is 3.85. The van der Waals surface area contributed by atoms with Crippen molar-refractivity contribution >= 4 is 12.1 Å². The fourth-order valence-corrected chi connectivity index (χ4v) is 2.85. The number of hydrogen-bond acceptors (Lipinski definition) is 5. The number of rotatable bonds is 8. The minimum atomic E-state index is -0.324. The maximum Gasteiger partial charge on any atom is 0.277 e. The standard InChI is InChI=1S/C21H24N2O4/c1-3-4-15(2)17-6-8-18(9-7-17)25-13-21(24)23-22-12-16-5-10-19-20(11-16)27-14-26-19/h5-12,15H,3-4,13-14H2,1-2H3,(H,23,24)/b22-12+. The number of hydrazone groups is 1. The lowest BCUT2D eigenvalue weighted by Gasteiger charge is -2.11. The van der Waals surface area contributed by atoms with Crippen LogP contribution in [-0.4, -0.2) is 25.5 Å². The van der Waals surface area contributed by atoms with Crippen molar-refractivity contribution in [2.45, 2.75) is 32.6 Å². The van der Waals surface area contributed by atoms with Crippen molar-refractivity contribution in [3.8, 4) is 17.2 Å². The highest BCUT2D eigenvalue weighted by Gasteiger charge is 2.12. The van der Waals surface area contributed by atoms with Gasteiger partial charge in [-0.1, -0.05) is 32.4 Å². The second-order valence-electron chi connectivity index (χ2n) is 6.45. The van der Waals surface area contributed by atoms with Gasteiger partial charge in [0.15, 0.2) is 18.1 Å². The van der Waals surface area contributed by atoms with E-state index < -0.39 is 0 Å². The van der Waals surface area contributed by atoms with Crippen molar-refractivity contribution in [3.63, 3.8) is 0 Å². The van der Waals surface area contributed by atoms with Crippen molar-refractivity contribution in [1.82, 2.24) is 5.43 Å². The van der Waals surface area contributed by atoms with E-state index in [1.807, 2.05) is 30.3 Å². The van der Waals surface area contributed by atoms with Gasteiger partial charge in [-0.25, -0.2) is 5.43 Å². The third-order valence-corrected chi connectivity index (χ3v) is 4.34. The molecule has 142 valence electrons. The van der Waals surface area contributed by atoms with E-state index in [2.05, 4.69) is 24.4 Å². The summed E-state index contributed by atoms with van der Waals surface area (Å²) in [6.07, 6.45) is 3.86. The molecule has 1 atom stereocenters. The maximum absolute atomic E-state index is 11.9. The van der Waals surface area contributed by atoms with Crippen molar-refractivity contribution in [2.24, 2.45) is 5.10 Å². The highest BCUT2D eigenvalue weighted by molar-refractivity contribution is 5.83. The topological polar surface area (TPSA) is 69.2 Å². The molecule has 2 aromatic rings. The van der Waals surface area contributed by atoms with Crippen molar-refractivity contribution in [2.75, 3.05) is 13.4 Å². The number of nitrogens with zero attached hydrogens (tertiary/aromatic N) is 1. The monoisotopic (exact) mass is 368 g/mol. The molecule has 2 aromatic carbocycles. The van der Waals surface area contributed by atoms with Gasteiger partial charge in [0.05, 0.1) is 6.21 Å². The van der Waals surface area contributed by atoms with Gasteiger partial charge in [0.1, 0.15) is 5.75 Å². The molecule has 1 amide bonds. The average Bonchev–Trinajstić information content (AvgIpc) is 3.15. The third-order valence-electron chi connectivity index (χ3n) is 4.34. The number of nitrogens with one attached hydrogen (secondary N) is 1. The lowest BCUT2D eigenvalue weighted by Crippen LogP contribution is -2.24. The lowest BCUT2D eigenvalue weighted by atomic mass is 9.97. The zero-order chi connectivity index (χ0) is 19.1. The Hall–Kier alpha value is -3.02. The summed E-state index contributed by atoms with van der Waals surface area (Å²) < 4.78 is 16.1. The Morgan fingerprint density at radius 2 is 2.00 bits per heavy atom. The quantitative estimate of drug-likeness (QED) is 0.568. The number of fused-ring (bicyclic) bond motifs is 1. The molecule has 0 radical (unpaired) electrons. The number of amides is 1. The first-order valence-electron chi connectivity index (χ1n) is 9.10. The van der Waals surface area contributed by atoms with E-state index in [1.165, 1.54) is 5.56 Å². The van der Waals surface area contributed by atoms with Crippen LogP contribution < -0.4 is 19.6 Å². The number of carbonyl (C=O) groups excluding carboxylic acids is 1. The molecule has 1 aliphatic rings. The van der Waals surface area contributed by atoms with Crippen LogP contribution in [0.15, 0.2) is 47.6 Å². The molecule has 0 aliphatic carbocycles. The smallest absolute Gasteiger partial charge is 0.277 e. The Bertz CT molecular complexity index is 802. The van der Waals surface area contributed by atoms with Crippen molar-refractivity contribution in [3.05, 3.63) is 53.6 Å². The van der Waals surface area contributed by atoms with Gasteiger partial charge < -0.3 is 14.2 Å². The molecule has 6 nitrogen and oxygen atoms in total. The van der Waals surface area contributed by atoms with Crippen LogP contribution in [0.25, 0.3) is 0 Å². The summed E-state index contributed by atoms with van der Waals surface area (Å²) in [5.41, 5.74) is 4.53. The van der Waals surface area contributed by atoms with Crippen LogP contribution in [-0.2, 0) is 4.79 Å². The van der Waals surface area contributed by atoms with Gasteiger partial charge in [-0.05, 0) is 53.8 Å². The van der Waals surface area contributed by atoms with Crippen LogP contribution in [0.5, 0.6) is 17.2 Å². The Labute approximate surface area is 159 Å². The van der Waals surface area contributed by atoms with Gasteiger partial charge in [0, 0.05) is 0 Å². The molecule has 0 bridgehead atoms. The Morgan fingerprint density at radius 3 is 2.78 bits per heavy atom. The average molecular weight is 368 g/mol. The molecule has 6 heteroatoms. The van der Waals surface area contributed by atoms with Gasteiger partial charge in [0.2, 0.25) is 6.79 Å². The second-order valence-corrected chi connectivity index (χ2v) is 6.45. The van der Waals surface area contributed by atoms with E-state index in [9.17, 15) is 4.79 Å². The van der Waals surface area contributed by atoms with Crippen LogP contribution in [0.3, 0.4) is 0 Å².